The second-order valence-corrected chi connectivity index (χ2v) is 5.85. The fraction of sp³-hybridized carbons (Fsp3) is 0.211. The van der Waals surface area contributed by atoms with Crippen molar-refractivity contribution in [3.63, 3.8) is 0 Å². The Morgan fingerprint density at radius 1 is 1.11 bits per heavy atom. The first kappa shape index (κ1) is 20.0. The number of anilines is 1. The number of fused-ring (bicyclic) bond motifs is 1. The largest absolute Gasteiger partial charge is 0.474 e. The van der Waals surface area contributed by atoms with Gasteiger partial charge >= 0.3 is 0 Å². The van der Waals surface area contributed by atoms with Crippen LogP contribution in [0.15, 0.2) is 48.5 Å². The summed E-state index contributed by atoms with van der Waals surface area (Å²) in [6, 6.07) is 15.5. The van der Waals surface area contributed by atoms with Crippen LogP contribution in [0.2, 0.25) is 0 Å². The fourth-order valence-corrected chi connectivity index (χ4v) is 2.90. The molecular formula is C19H19AcN3O4. The van der Waals surface area contributed by atoms with E-state index in [0.29, 0.717) is 35.3 Å². The first-order chi connectivity index (χ1) is 12.8. The molecule has 0 saturated heterocycles. The number of nitrogen functional groups attached to an aromatic ring is 1. The number of aliphatic hydroxyl groups is 1. The molecule has 137 valence electrons. The first-order valence-corrected chi connectivity index (χ1v) is 8.30. The summed E-state index contributed by atoms with van der Waals surface area (Å²) in [7, 11) is 0. The number of hydrogen-bond donors (Lipinski definition) is 2. The smallest absolute Gasteiger partial charge is 0.243 e. The van der Waals surface area contributed by atoms with E-state index in [1.54, 1.807) is 4.68 Å². The molecule has 27 heavy (non-hydrogen) atoms. The van der Waals surface area contributed by atoms with Gasteiger partial charge in [0.15, 0.2) is 11.5 Å². The normalized spacial score (nSPS) is 11.9. The molecule has 1 radical (unpaired) electrons. The summed E-state index contributed by atoms with van der Waals surface area (Å²) in [4.78, 5) is 0. The van der Waals surface area contributed by atoms with Gasteiger partial charge in [-0.15, -0.1) is 5.10 Å². The molecule has 0 saturated carbocycles. The molecule has 1 aliphatic heterocycles. The van der Waals surface area contributed by atoms with Crippen LogP contribution in [-0.2, 0) is 6.54 Å². The maximum Gasteiger partial charge on any atom is 0.243 e. The number of nitrogens with zero attached hydrogens (tertiary/aromatic N) is 2. The summed E-state index contributed by atoms with van der Waals surface area (Å²) in [6.45, 7) is 0.757. The summed E-state index contributed by atoms with van der Waals surface area (Å²) in [5.74, 6) is 2.22. The molecule has 7 nitrogen and oxygen atoms in total. The minimum absolute atomic E-state index is 0. The van der Waals surface area contributed by atoms with Gasteiger partial charge in [-0.05, 0) is 23.3 Å². The van der Waals surface area contributed by atoms with Crippen LogP contribution in [0.3, 0.4) is 0 Å². The van der Waals surface area contributed by atoms with E-state index in [4.69, 9.17) is 25.1 Å². The van der Waals surface area contributed by atoms with E-state index >= 15 is 0 Å². The monoisotopic (exact) mass is 580 g/mol. The Labute approximate surface area is 192 Å². The maximum absolute atomic E-state index is 9.10. The third-order valence-electron chi connectivity index (χ3n) is 4.13. The standard InChI is InChI=1S/C19H19N3O4.Ac/c20-18-17(14-6-7-15-16(10-14)26-12-25-15)19(24-9-8-23)21-22(18)11-13-4-2-1-3-5-13;/h1-7,10,23H,8-9,11-12,20H2;. The molecular weight excluding hydrogens is 561 g/mol. The van der Waals surface area contributed by atoms with Gasteiger partial charge in [-0.3, -0.25) is 0 Å². The number of hydrogen-bond acceptors (Lipinski definition) is 6. The topological polar surface area (TPSA) is 91.8 Å². The molecule has 4 rings (SSSR count). The van der Waals surface area contributed by atoms with Crippen molar-refractivity contribution in [2.75, 3.05) is 25.7 Å². The van der Waals surface area contributed by atoms with Crippen molar-refractivity contribution in [3.8, 4) is 28.5 Å². The average molecular weight is 580 g/mol. The number of aliphatic hydroxyl groups excluding tert-OH is 1. The second-order valence-electron chi connectivity index (χ2n) is 5.85. The summed E-state index contributed by atoms with van der Waals surface area (Å²) < 4.78 is 18.1. The summed E-state index contributed by atoms with van der Waals surface area (Å²) >= 11 is 0. The van der Waals surface area contributed by atoms with Gasteiger partial charge in [0.25, 0.3) is 0 Å². The Kier molecular flexibility index (Phi) is 6.64. The Hall–Kier alpha value is -1.75. The van der Waals surface area contributed by atoms with Gasteiger partial charge in [0.1, 0.15) is 12.4 Å². The molecule has 1 aliphatic rings. The van der Waals surface area contributed by atoms with Crippen molar-refractivity contribution in [2.45, 2.75) is 6.54 Å². The number of benzene rings is 2. The Balaban J connectivity index is 0.00000210. The molecule has 2 aromatic carbocycles. The van der Waals surface area contributed by atoms with Gasteiger partial charge in [-0.2, -0.15) is 0 Å². The number of aromatic nitrogens is 2. The predicted molar refractivity (Wildman–Crippen MR) is 96.3 cm³/mol. The van der Waals surface area contributed by atoms with Crippen LogP contribution in [0.5, 0.6) is 17.4 Å². The van der Waals surface area contributed by atoms with E-state index in [0.717, 1.165) is 11.1 Å². The van der Waals surface area contributed by atoms with E-state index in [-0.39, 0.29) is 64.1 Å². The van der Waals surface area contributed by atoms with E-state index in [2.05, 4.69) is 5.10 Å². The van der Waals surface area contributed by atoms with Crippen molar-refractivity contribution in [1.82, 2.24) is 9.78 Å². The van der Waals surface area contributed by atoms with E-state index < -0.39 is 0 Å². The Morgan fingerprint density at radius 2 is 1.89 bits per heavy atom. The van der Waals surface area contributed by atoms with Crippen LogP contribution in [0, 0.1) is 44.1 Å². The minimum Gasteiger partial charge on any atom is -0.474 e. The van der Waals surface area contributed by atoms with Crippen molar-refractivity contribution in [3.05, 3.63) is 54.1 Å². The van der Waals surface area contributed by atoms with Gasteiger partial charge in [0, 0.05) is 44.1 Å². The van der Waals surface area contributed by atoms with Gasteiger partial charge < -0.3 is 25.1 Å². The summed E-state index contributed by atoms with van der Waals surface area (Å²) in [5, 5.41) is 13.6. The molecule has 1 aromatic heterocycles. The zero-order valence-electron chi connectivity index (χ0n) is 14.7. The Bertz CT molecular complexity index is 915. The number of rotatable bonds is 6. The molecule has 3 N–H and O–H groups in total. The zero-order chi connectivity index (χ0) is 17.9. The van der Waals surface area contributed by atoms with Crippen molar-refractivity contribution >= 4 is 5.82 Å². The van der Waals surface area contributed by atoms with Crippen molar-refractivity contribution in [1.29, 1.82) is 0 Å². The van der Waals surface area contributed by atoms with Crippen LogP contribution in [0.25, 0.3) is 11.1 Å². The van der Waals surface area contributed by atoms with Gasteiger partial charge in [-0.25, -0.2) is 4.68 Å². The average Bonchev–Trinajstić information content (AvgIpc) is 3.25. The van der Waals surface area contributed by atoms with E-state index in [9.17, 15) is 0 Å². The first-order valence-electron chi connectivity index (χ1n) is 8.30. The number of ether oxygens (including phenoxy) is 3. The number of nitrogens with two attached hydrogens (primary N) is 1. The molecule has 0 unspecified atom stereocenters. The van der Waals surface area contributed by atoms with Crippen LogP contribution >= 0.6 is 0 Å². The summed E-state index contributed by atoms with van der Waals surface area (Å²) in [5.41, 5.74) is 8.96. The van der Waals surface area contributed by atoms with Crippen molar-refractivity contribution in [2.24, 2.45) is 0 Å². The predicted octanol–water partition coefficient (Wildman–Crippen LogP) is 2.28. The Morgan fingerprint density at radius 3 is 2.67 bits per heavy atom. The molecule has 3 aromatic rings. The molecule has 2 heterocycles. The molecule has 0 aliphatic carbocycles. The third kappa shape index (κ3) is 4.23. The summed E-state index contributed by atoms with van der Waals surface area (Å²) in [6.07, 6.45) is 0. The van der Waals surface area contributed by atoms with Crippen LogP contribution in [0.4, 0.5) is 5.82 Å². The fourth-order valence-electron chi connectivity index (χ4n) is 2.90. The second kappa shape index (κ2) is 8.96. The van der Waals surface area contributed by atoms with Crippen LogP contribution < -0.4 is 19.9 Å². The third-order valence-corrected chi connectivity index (χ3v) is 4.13. The van der Waals surface area contributed by atoms with Crippen molar-refractivity contribution < 1.29 is 63.4 Å². The molecule has 0 spiro atoms. The SMILES string of the molecule is Nc1c(-c2ccc3c(c2)OCO3)c(OCCO)nn1Cc1ccccc1.[Ac]. The van der Waals surface area contributed by atoms with E-state index in [1.807, 2.05) is 48.5 Å². The van der Waals surface area contributed by atoms with Gasteiger partial charge in [0.05, 0.1) is 18.7 Å². The maximum atomic E-state index is 9.10. The van der Waals surface area contributed by atoms with Gasteiger partial charge in [-0.1, -0.05) is 36.4 Å². The molecule has 8 heteroatoms. The molecule has 0 atom stereocenters. The molecule has 0 bridgehead atoms. The molecule has 0 amide bonds. The quantitative estimate of drug-likeness (QED) is 0.465. The molecule has 0 fully saturated rings. The van der Waals surface area contributed by atoms with Gasteiger partial charge in [0.2, 0.25) is 12.7 Å². The minimum atomic E-state index is -0.105. The van der Waals surface area contributed by atoms with Crippen LogP contribution in [-0.4, -0.2) is 34.9 Å². The van der Waals surface area contributed by atoms with E-state index in [1.165, 1.54) is 0 Å². The van der Waals surface area contributed by atoms with Crippen LogP contribution in [0.1, 0.15) is 5.56 Å². The zero-order valence-corrected chi connectivity index (χ0v) is 19.4.